The third kappa shape index (κ3) is 4.44. The van der Waals surface area contributed by atoms with Crippen LogP contribution in [0.25, 0.3) is 11.3 Å². The van der Waals surface area contributed by atoms with Gasteiger partial charge in [-0.25, -0.2) is 9.37 Å². The van der Waals surface area contributed by atoms with Crippen molar-refractivity contribution in [3.8, 4) is 17.3 Å². The van der Waals surface area contributed by atoms with E-state index in [1.54, 1.807) is 30.3 Å². The first-order chi connectivity index (χ1) is 13.1. The molecule has 1 aromatic heterocycles. The van der Waals surface area contributed by atoms with Crippen molar-refractivity contribution in [3.63, 3.8) is 0 Å². The van der Waals surface area contributed by atoms with Crippen LogP contribution in [0.3, 0.4) is 0 Å². The van der Waals surface area contributed by atoms with E-state index in [0.29, 0.717) is 22.4 Å². The van der Waals surface area contributed by atoms with E-state index < -0.39 is 0 Å². The third-order valence-electron chi connectivity index (χ3n) is 3.91. The Balaban J connectivity index is 1.63. The Morgan fingerprint density at radius 1 is 1.19 bits per heavy atom. The third-order valence-corrected chi connectivity index (χ3v) is 3.91. The van der Waals surface area contributed by atoms with Crippen LogP contribution in [-0.2, 0) is 6.54 Å². The summed E-state index contributed by atoms with van der Waals surface area (Å²) in [5.74, 6) is -0.681. The summed E-state index contributed by atoms with van der Waals surface area (Å²) in [7, 11) is 0. The number of nitrogens with zero attached hydrogens (tertiary/aromatic N) is 3. The first-order valence-electron chi connectivity index (χ1n) is 8.17. The van der Waals surface area contributed by atoms with Crippen molar-refractivity contribution in [1.29, 1.82) is 5.26 Å². The first-order valence-corrected chi connectivity index (χ1v) is 8.17. The van der Waals surface area contributed by atoms with Crippen LogP contribution >= 0.6 is 0 Å². The Kier molecular flexibility index (Phi) is 5.38. The van der Waals surface area contributed by atoms with Gasteiger partial charge in [-0.15, -0.1) is 0 Å². The van der Waals surface area contributed by atoms with Crippen molar-refractivity contribution in [1.82, 2.24) is 14.9 Å². The van der Waals surface area contributed by atoms with E-state index in [-0.39, 0.29) is 30.4 Å². The lowest BCUT2D eigenvalue weighted by atomic mass is 10.1. The molecule has 134 valence electrons. The van der Waals surface area contributed by atoms with E-state index in [1.165, 1.54) is 35.2 Å². The van der Waals surface area contributed by atoms with Gasteiger partial charge in [0.25, 0.3) is 11.5 Å². The molecule has 0 saturated heterocycles. The van der Waals surface area contributed by atoms with E-state index in [0.717, 1.165) is 0 Å². The zero-order valence-electron chi connectivity index (χ0n) is 14.2. The van der Waals surface area contributed by atoms with Crippen molar-refractivity contribution in [3.05, 3.63) is 88.2 Å². The minimum Gasteiger partial charge on any atom is -0.350 e. The second kappa shape index (κ2) is 8.06. The van der Waals surface area contributed by atoms with Gasteiger partial charge >= 0.3 is 0 Å². The summed E-state index contributed by atoms with van der Waals surface area (Å²) in [6.07, 6.45) is 1.39. The van der Waals surface area contributed by atoms with Crippen molar-refractivity contribution in [2.24, 2.45) is 0 Å². The summed E-state index contributed by atoms with van der Waals surface area (Å²) in [6, 6.07) is 15.4. The van der Waals surface area contributed by atoms with Crippen molar-refractivity contribution in [2.45, 2.75) is 6.54 Å². The molecule has 7 heteroatoms. The fraction of sp³-hybridized carbons (Fsp3) is 0.100. The van der Waals surface area contributed by atoms with Crippen LogP contribution in [0.5, 0.6) is 0 Å². The monoisotopic (exact) mass is 362 g/mol. The predicted molar refractivity (Wildman–Crippen MR) is 97.4 cm³/mol. The van der Waals surface area contributed by atoms with E-state index in [4.69, 9.17) is 5.26 Å². The molecule has 27 heavy (non-hydrogen) atoms. The van der Waals surface area contributed by atoms with E-state index in [9.17, 15) is 14.0 Å². The SMILES string of the molecule is N#Cc1cccc(C(=O)NCCn2cnc(-c3ccc(F)cc3)cc2=O)c1. The molecule has 0 fully saturated rings. The van der Waals surface area contributed by atoms with Crippen LogP contribution in [0.2, 0.25) is 0 Å². The van der Waals surface area contributed by atoms with Gasteiger partial charge in [-0.05, 0) is 42.5 Å². The Labute approximate surface area is 154 Å². The normalized spacial score (nSPS) is 10.2. The van der Waals surface area contributed by atoms with Crippen molar-refractivity contribution >= 4 is 5.91 Å². The number of rotatable bonds is 5. The number of benzene rings is 2. The summed E-state index contributed by atoms with van der Waals surface area (Å²) in [4.78, 5) is 28.5. The largest absolute Gasteiger partial charge is 0.350 e. The van der Waals surface area contributed by atoms with Gasteiger partial charge in [0.05, 0.1) is 23.7 Å². The molecule has 0 aliphatic carbocycles. The summed E-state index contributed by atoms with van der Waals surface area (Å²) >= 11 is 0. The maximum atomic E-state index is 13.0. The molecule has 0 unspecified atom stereocenters. The molecule has 0 radical (unpaired) electrons. The molecule has 2 aromatic carbocycles. The van der Waals surface area contributed by atoms with E-state index >= 15 is 0 Å². The second-order valence-electron chi connectivity index (χ2n) is 5.76. The van der Waals surface area contributed by atoms with Gasteiger partial charge in [0, 0.05) is 30.3 Å². The molecule has 3 rings (SSSR count). The molecule has 0 aliphatic heterocycles. The van der Waals surface area contributed by atoms with Crippen LogP contribution in [0, 0.1) is 17.1 Å². The minimum atomic E-state index is -0.358. The fourth-order valence-electron chi connectivity index (χ4n) is 2.49. The Morgan fingerprint density at radius 3 is 2.67 bits per heavy atom. The quantitative estimate of drug-likeness (QED) is 0.755. The van der Waals surface area contributed by atoms with Gasteiger partial charge in [-0.1, -0.05) is 6.07 Å². The predicted octanol–water partition coefficient (Wildman–Crippen LogP) is 2.35. The average molecular weight is 362 g/mol. The Hall–Kier alpha value is -3.79. The molecule has 1 amide bonds. The highest BCUT2D eigenvalue weighted by Crippen LogP contribution is 2.14. The second-order valence-corrected chi connectivity index (χ2v) is 5.76. The lowest BCUT2D eigenvalue weighted by molar-refractivity contribution is 0.0952. The number of hydrogen-bond acceptors (Lipinski definition) is 4. The molecule has 0 spiro atoms. The maximum absolute atomic E-state index is 13.0. The number of amides is 1. The molecular formula is C20H15FN4O2. The number of carbonyl (C=O) groups excluding carboxylic acids is 1. The molecule has 1 heterocycles. The average Bonchev–Trinajstić information content (AvgIpc) is 2.69. The summed E-state index contributed by atoms with van der Waals surface area (Å²) in [5.41, 5.74) is 1.61. The number of carbonyl (C=O) groups is 1. The van der Waals surface area contributed by atoms with Gasteiger partial charge in [0.15, 0.2) is 0 Å². The van der Waals surface area contributed by atoms with Gasteiger partial charge in [0.2, 0.25) is 0 Å². The summed E-state index contributed by atoms with van der Waals surface area (Å²) < 4.78 is 14.4. The lowest BCUT2D eigenvalue weighted by Crippen LogP contribution is -2.30. The van der Waals surface area contributed by atoms with Gasteiger partial charge in [-0.3, -0.25) is 14.2 Å². The van der Waals surface area contributed by atoms with Crippen molar-refractivity contribution < 1.29 is 9.18 Å². The highest BCUT2D eigenvalue weighted by molar-refractivity contribution is 5.94. The van der Waals surface area contributed by atoms with Crippen LogP contribution in [0.4, 0.5) is 4.39 Å². The standard InChI is InChI=1S/C20H15FN4O2/c21-17-6-4-15(5-7-17)18-11-19(26)25(13-24-18)9-8-23-20(27)16-3-1-2-14(10-16)12-22/h1-7,10-11,13H,8-9H2,(H,23,27). The fourth-order valence-corrected chi connectivity index (χ4v) is 2.49. The first kappa shape index (κ1) is 18.0. The van der Waals surface area contributed by atoms with E-state index in [2.05, 4.69) is 10.3 Å². The van der Waals surface area contributed by atoms with Gasteiger partial charge < -0.3 is 5.32 Å². The maximum Gasteiger partial charge on any atom is 0.253 e. The molecule has 0 saturated carbocycles. The summed E-state index contributed by atoms with van der Waals surface area (Å²) in [5, 5.41) is 11.6. The molecule has 3 aromatic rings. The number of aromatic nitrogens is 2. The van der Waals surface area contributed by atoms with E-state index in [1.807, 2.05) is 6.07 Å². The Morgan fingerprint density at radius 2 is 1.96 bits per heavy atom. The van der Waals surface area contributed by atoms with Gasteiger partial charge in [-0.2, -0.15) is 5.26 Å². The van der Waals surface area contributed by atoms with Gasteiger partial charge in [0.1, 0.15) is 5.82 Å². The molecular weight excluding hydrogens is 347 g/mol. The molecule has 6 nitrogen and oxygen atoms in total. The van der Waals surface area contributed by atoms with Crippen molar-refractivity contribution in [2.75, 3.05) is 6.54 Å². The molecule has 0 bridgehead atoms. The minimum absolute atomic E-state index is 0.229. The van der Waals surface area contributed by atoms with Crippen LogP contribution in [-0.4, -0.2) is 22.0 Å². The highest BCUT2D eigenvalue weighted by atomic mass is 19.1. The number of hydrogen-bond donors (Lipinski definition) is 1. The molecule has 1 N–H and O–H groups in total. The number of nitrogens with one attached hydrogen (secondary N) is 1. The topological polar surface area (TPSA) is 87.8 Å². The lowest BCUT2D eigenvalue weighted by Gasteiger charge is -2.08. The zero-order valence-corrected chi connectivity index (χ0v) is 14.2. The Bertz CT molecular complexity index is 1070. The smallest absolute Gasteiger partial charge is 0.253 e. The molecule has 0 atom stereocenters. The van der Waals surface area contributed by atoms with Crippen LogP contribution < -0.4 is 10.9 Å². The number of halogens is 1. The zero-order chi connectivity index (χ0) is 19.2. The molecule has 0 aliphatic rings. The van der Waals surface area contributed by atoms with Crippen LogP contribution in [0.1, 0.15) is 15.9 Å². The number of nitriles is 1. The highest BCUT2D eigenvalue weighted by Gasteiger charge is 2.07. The van der Waals surface area contributed by atoms with Crippen LogP contribution in [0.15, 0.2) is 65.7 Å². The summed E-state index contributed by atoms with van der Waals surface area (Å²) in [6.45, 7) is 0.478.